The molecule has 0 spiro atoms. The molecule has 1 heterocycles. The highest BCUT2D eigenvalue weighted by molar-refractivity contribution is 7.90. The molecule has 0 bridgehead atoms. The van der Waals surface area contributed by atoms with Gasteiger partial charge in [-0.25, -0.2) is 13.2 Å². The number of carbonyl (C=O) groups excluding carboxylic acids is 1. The third-order valence-electron chi connectivity index (χ3n) is 4.59. The fourth-order valence-electron chi connectivity index (χ4n) is 3.02. The summed E-state index contributed by atoms with van der Waals surface area (Å²) >= 11 is 0. The Kier molecular flexibility index (Phi) is 7.73. The Balaban J connectivity index is 2.09. The van der Waals surface area contributed by atoms with Crippen molar-refractivity contribution in [2.45, 2.75) is 38.1 Å². The molecule has 1 aromatic heterocycles. The normalized spacial score (nSPS) is 11.3. The molecule has 1 N–H and O–H groups in total. The number of sulfone groups is 1. The van der Waals surface area contributed by atoms with Crippen LogP contribution in [0.15, 0.2) is 53.7 Å². The van der Waals surface area contributed by atoms with Gasteiger partial charge in [0.1, 0.15) is 17.4 Å². The number of nitriles is 1. The van der Waals surface area contributed by atoms with E-state index in [0.29, 0.717) is 0 Å². The molecule has 192 valence electrons. The smallest absolute Gasteiger partial charge is 0.373 e. The largest absolute Gasteiger partial charge is 0.456 e. The lowest BCUT2D eigenvalue weighted by atomic mass is 10.1. The van der Waals surface area contributed by atoms with Crippen LogP contribution in [-0.4, -0.2) is 41.1 Å². The molecule has 0 aliphatic rings. The van der Waals surface area contributed by atoms with Crippen LogP contribution in [-0.2, 0) is 21.1 Å². The quantitative estimate of drug-likeness (QED) is 0.195. The van der Waals surface area contributed by atoms with Gasteiger partial charge in [-0.05, 0) is 44.5 Å². The zero-order chi connectivity index (χ0) is 27.4. The van der Waals surface area contributed by atoms with Crippen LogP contribution in [0.1, 0.15) is 42.3 Å². The van der Waals surface area contributed by atoms with Crippen LogP contribution in [0.2, 0.25) is 0 Å². The zero-order valence-electron chi connectivity index (χ0n) is 20.4. The number of hydrogen-bond donors (Lipinski definition) is 1. The van der Waals surface area contributed by atoms with Gasteiger partial charge in [-0.15, -0.1) is 0 Å². The molecule has 3 rings (SSSR count). The van der Waals surface area contributed by atoms with Gasteiger partial charge in [0.05, 0.1) is 16.1 Å². The van der Waals surface area contributed by atoms with Crippen molar-refractivity contribution in [2.24, 2.45) is 0 Å². The standard InChI is InChI=1S/C24H23N5O7S/c1-24(2,3)36-22(30)18-12-17(11-10-16(18)13-25)35-21-19(29(31)32)20(27-23(28-21)37(4,33)34)26-14-15-8-6-5-7-9-15/h5-12H,14H2,1-4H3,(H,26,27,28). The maximum absolute atomic E-state index is 12.6. The van der Waals surface area contributed by atoms with E-state index in [1.807, 2.05) is 6.07 Å². The highest BCUT2D eigenvalue weighted by Crippen LogP contribution is 2.36. The van der Waals surface area contributed by atoms with E-state index in [0.717, 1.165) is 17.9 Å². The first-order valence-corrected chi connectivity index (χ1v) is 12.7. The molecule has 12 nitrogen and oxygen atoms in total. The third-order valence-corrected chi connectivity index (χ3v) is 5.44. The maximum atomic E-state index is 12.6. The SMILES string of the molecule is CC(C)(C)OC(=O)c1cc(Oc2nc(S(C)(=O)=O)nc(NCc3ccccc3)c2[N+](=O)[O-])ccc1C#N. The number of hydrogen-bond acceptors (Lipinski definition) is 11. The second-order valence-electron chi connectivity index (χ2n) is 8.80. The van der Waals surface area contributed by atoms with Crippen molar-refractivity contribution in [1.82, 2.24) is 9.97 Å². The Morgan fingerprint density at radius 1 is 1.16 bits per heavy atom. The van der Waals surface area contributed by atoms with E-state index < -0.39 is 43.1 Å². The average Bonchev–Trinajstić information content (AvgIpc) is 2.81. The van der Waals surface area contributed by atoms with Gasteiger partial charge in [0.2, 0.25) is 15.7 Å². The minimum atomic E-state index is -4.00. The summed E-state index contributed by atoms with van der Waals surface area (Å²) < 4.78 is 35.4. The molecule has 0 saturated carbocycles. The first-order chi connectivity index (χ1) is 17.3. The number of benzene rings is 2. The number of rotatable bonds is 8. The Labute approximate surface area is 213 Å². The molecule has 0 aliphatic heterocycles. The molecule has 13 heteroatoms. The third kappa shape index (κ3) is 6.98. The number of nitrogens with one attached hydrogen (secondary N) is 1. The summed E-state index contributed by atoms with van der Waals surface area (Å²) in [5.74, 6) is -1.97. The molecule has 0 saturated heterocycles. The molecule has 3 aromatic rings. The van der Waals surface area contributed by atoms with E-state index in [9.17, 15) is 28.6 Å². The van der Waals surface area contributed by atoms with Crippen LogP contribution in [0.4, 0.5) is 11.5 Å². The summed E-state index contributed by atoms with van der Waals surface area (Å²) in [5.41, 5.74) is -0.965. The molecular weight excluding hydrogens is 502 g/mol. The lowest BCUT2D eigenvalue weighted by Crippen LogP contribution is -2.24. The predicted molar refractivity (Wildman–Crippen MR) is 132 cm³/mol. The highest BCUT2D eigenvalue weighted by atomic mass is 32.2. The second kappa shape index (κ2) is 10.6. The van der Waals surface area contributed by atoms with Gasteiger partial charge < -0.3 is 14.8 Å². The first kappa shape index (κ1) is 27.0. The van der Waals surface area contributed by atoms with Gasteiger partial charge >= 0.3 is 17.5 Å². The van der Waals surface area contributed by atoms with Crippen molar-refractivity contribution in [3.8, 4) is 17.7 Å². The molecule has 0 radical (unpaired) electrons. The number of anilines is 1. The first-order valence-electron chi connectivity index (χ1n) is 10.8. The summed E-state index contributed by atoms with van der Waals surface area (Å²) in [5, 5.41) is 23.4. The zero-order valence-corrected chi connectivity index (χ0v) is 21.2. The Bertz CT molecular complexity index is 1490. The van der Waals surface area contributed by atoms with Crippen molar-refractivity contribution < 1.29 is 27.6 Å². The molecule has 2 aromatic carbocycles. The molecular formula is C24H23N5O7S. The monoisotopic (exact) mass is 525 g/mol. The molecule has 37 heavy (non-hydrogen) atoms. The lowest BCUT2D eigenvalue weighted by Gasteiger charge is -2.20. The number of nitro groups is 1. The van der Waals surface area contributed by atoms with Crippen molar-refractivity contribution in [1.29, 1.82) is 5.26 Å². The Morgan fingerprint density at radius 3 is 2.41 bits per heavy atom. The Hall–Kier alpha value is -4.57. The minimum absolute atomic E-state index is 0.0131. The number of nitrogens with zero attached hydrogens (tertiary/aromatic N) is 4. The topological polar surface area (TPSA) is 174 Å². The van der Waals surface area contributed by atoms with Crippen LogP contribution in [0, 0.1) is 21.4 Å². The molecule has 0 unspecified atom stereocenters. The molecule has 0 amide bonds. The van der Waals surface area contributed by atoms with Gasteiger partial charge in [-0.2, -0.15) is 15.2 Å². The fourth-order valence-corrected chi connectivity index (χ4v) is 3.52. The van der Waals surface area contributed by atoms with E-state index in [1.54, 1.807) is 51.1 Å². The van der Waals surface area contributed by atoms with Gasteiger partial charge in [0.25, 0.3) is 5.16 Å². The van der Waals surface area contributed by atoms with Crippen molar-refractivity contribution >= 4 is 27.3 Å². The molecule has 0 fully saturated rings. The number of ether oxygens (including phenoxy) is 2. The van der Waals surface area contributed by atoms with Crippen LogP contribution in [0.3, 0.4) is 0 Å². The summed E-state index contributed by atoms with van der Waals surface area (Å²) in [4.78, 5) is 31.4. The summed E-state index contributed by atoms with van der Waals surface area (Å²) in [6.07, 6.45) is 0.848. The summed E-state index contributed by atoms with van der Waals surface area (Å²) in [6, 6.07) is 14.5. The van der Waals surface area contributed by atoms with Gasteiger partial charge in [-0.3, -0.25) is 10.1 Å². The van der Waals surface area contributed by atoms with Gasteiger partial charge in [0.15, 0.2) is 0 Å². The van der Waals surface area contributed by atoms with E-state index in [-0.39, 0.29) is 29.2 Å². The predicted octanol–water partition coefficient (Wildman–Crippen LogP) is 4.02. The van der Waals surface area contributed by atoms with Crippen LogP contribution < -0.4 is 10.1 Å². The maximum Gasteiger partial charge on any atom is 0.373 e. The Morgan fingerprint density at radius 2 is 1.84 bits per heavy atom. The van der Waals surface area contributed by atoms with Crippen LogP contribution in [0.5, 0.6) is 11.6 Å². The summed E-state index contributed by atoms with van der Waals surface area (Å²) in [7, 11) is -4.00. The average molecular weight is 526 g/mol. The van der Waals surface area contributed by atoms with Crippen molar-refractivity contribution in [3.05, 3.63) is 75.3 Å². The van der Waals surface area contributed by atoms with Crippen LogP contribution >= 0.6 is 0 Å². The molecule has 0 atom stereocenters. The molecule has 0 aliphatic carbocycles. The number of carbonyl (C=O) groups is 1. The number of aromatic nitrogens is 2. The van der Waals surface area contributed by atoms with E-state index in [4.69, 9.17) is 9.47 Å². The van der Waals surface area contributed by atoms with Crippen molar-refractivity contribution in [2.75, 3.05) is 11.6 Å². The number of esters is 1. The second-order valence-corrected chi connectivity index (χ2v) is 10.7. The summed E-state index contributed by atoms with van der Waals surface area (Å²) in [6.45, 7) is 5.05. The van der Waals surface area contributed by atoms with Gasteiger partial charge in [0, 0.05) is 12.8 Å². The van der Waals surface area contributed by atoms with Gasteiger partial charge in [-0.1, -0.05) is 30.3 Å². The van der Waals surface area contributed by atoms with Crippen LogP contribution in [0.25, 0.3) is 0 Å². The minimum Gasteiger partial charge on any atom is -0.456 e. The van der Waals surface area contributed by atoms with E-state index in [1.165, 1.54) is 12.1 Å². The lowest BCUT2D eigenvalue weighted by molar-refractivity contribution is -0.385. The van der Waals surface area contributed by atoms with E-state index in [2.05, 4.69) is 15.3 Å². The highest BCUT2D eigenvalue weighted by Gasteiger charge is 2.30. The van der Waals surface area contributed by atoms with Crippen molar-refractivity contribution in [3.63, 3.8) is 0 Å². The fraction of sp³-hybridized carbons (Fsp3) is 0.250. The van der Waals surface area contributed by atoms with E-state index >= 15 is 0 Å².